The molecule has 3 aromatic rings. The van der Waals surface area contributed by atoms with Gasteiger partial charge < -0.3 is 19.5 Å². The fourth-order valence-corrected chi connectivity index (χ4v) is 3.79. The molecule has 0 radical (unpaired) electrons. The lowest BCUT2D eigenvalue weighted by molar-refractivity contribution is 0.0489. The molecule has 0 saturated carbocycles. The van der Waals surface area contributed by atoms with Crippen LogP contribution in [0.5, 0.6) is 17.2 Å². The number of fused-ring (bicyclic) bond motifs is 2. The van der Waals surface area contributed by atoms with E-state index in [1.807, 2.05) is 25.1 Å². The molecule has 162 valence electrons. The van der Waals surface area contributed by atoms with Crippen LogP contribution in [0.4, 0.5) is 5.69 Å². The normalized spacial score (nSPS) is 16.2. The van der Waals surface area contributed by atoms with E-state index in [0.29, 0.717) is 40.7 Å². The van der Waals surface area contributed by atoms with Crippen LogP contribution in [0.1, 0.15) is 39.4 Å². The minimum absolute atomic E-state index is 0.146. The molecule has 1 unspecified atom stereocenters. The van der Waals surface area contributed by atoms with Crippen molar-refractivity contribution >= 4 is 17.5 Å². The van der Waals surface area contributed by atoms with Crippen molar-refractivity contribution in [1.29, 1.82) is 0 Å². The second-order valence-corrected chi connectivity index (χ2v) is 7.25. The maximum absolute atomic E-state index is 13.4. The van der Waals surface area contributed by atoms with Gasteiger partial charge in [0.1, 0.15) is 11.9 Å². The van der Waals surface area contributed by atoms with Crippen molar-refractivity contribution in [1.82, 2.24) is 10.4 Å². The van der Waals surface area contributed by atoms with Crippen LogP contribution in [0.15, 0.2) is 66.7 Å². The number of rotatable bonds is 5. The van der Waals surface area contributed by atoms with Gasteiger partial charge in [-0.2, -0.15) is 0 Å². The number of anilines is 1. The van der Waals surface area contributed by atoms with Gasteiger partial charge in [0.15, 0.2) is 11.5 Å². The van der Waals surface area contributed by atoms with Gasteiger partial charge >= 0.3 is 0 Å². The fourth-order valence-electron chi connectivity index (χ4n) is 3.79. The van der Waals surface area contributed by atoms with E-state index >= 15 is 0 Å². The number of benzene rings is 3. The molecule has 2 heterocycles. The SMILES string of the molecule is CCOc1ccccc1C(=O)NN1C(=O)c2ccccc2NC1c1ccc2c(c1)OCO2. The number of hydrazine groups is 1. The van der Waals surface area contributed by atoms with E-state index < -0.39 is 12.1 Å². The molecule has 32 heavy (non-hydrogen) atoms. The zero-order chi connectivity index (χ0) is 22.1. The molecule has 8 heteroatoms. The van der Waals surface area contributed by atoms with Crippen LogP contribution in [-0.4, -0.2) is 30.2 Å². The van der Waals surface area contributed by atoms with E-state index in [2.05, 4.69) is 10.7 Å². The average molecular weight is 431 g/mol. The van der Waals surface area contributed by atoms with Gasteiger partial charge in [-0.3, -0.25) is 15.0 Å². The molecule has 0 spiro atoms. The Balaban J connectivity index is 1.52. The lowest BCUT2D eigenvalue weighted by atomic mass is 10.0. The highest BCUT2D eigenvalue weighted by Gasteiger charge is 2.35. The Hall–Kier alpha value is -4.20. The van der Waals surface area contributed by atoms with E-state index in [-0.39, 0.29) is 12.7 Å². The van der Waals surface area contributed by atoms with Crippen LogP contribution in [0.25, 0.3) is 0 Å². The molecule has 2 N–H and O–H groups in total. The summed E-state index contributed by atoms with van der Waals surface area (Å²) in [7, 11) is 0. The molecule has 8 nitrogen and oxygen atoms in total. The van der Waals surface area contributed by atoms with Crippen LogP contribution in [0.2, 0.25) is 0 Å². The quantitative estimate of drug-likeness (QED) is 0.640. The molecule has 0 aliphatic carbocycles. The largest absolute Gasteiger partial charge is 0.493 e. The minimum atomic E-state index is -0.657. The van der Waals surface area contributed by atoms with Crippen molar-refractivity contribution in [3.8, 4) is 17.2 Å². The van der Waals surface area contributed by atoms with Crippen molar-refractivity contribution in [2.75, 3.05) is 18.7 Å². The first-order valence-corrected chi connectivity index (χ1v) is 10.3. The van der Waals surface area contributed by atoms with Gasteiger partial charge in [0, 0.05) is 11.3 Å². The third-order valence-corrected chi connectivity index (χ3v) is 5.29. The molecule has 0 aromatic heterocycles. The van der Waals surface area contributed by atoms with Crippen LogP contribution in [0, 0.1) is 0 Å². The Bertz CT molecular complexity index is 1200. The monoisotopic (exact) mass is 431 g/mol. The summed E-state index contributed by atoms with van der Waals surface area (Å²) < 4.78 is 16.5. The number of amides is 2. The maximum Gasteiger partial charge on any atom is 0.276 e. The number of nitrogens with zero attached hydrogens (tertiary/aromatic N) is 1. The Morgan fingerprint density at radius 1 is 1.09 bits per heavy atom. The van der Waals surface area contributed by atoms with Crippen molar-refractivity contribution in [3.05, 3.63) is 83.4 Å². The molecule has 5 rings (SSSR count). The highest BCUT2D eigenvalue weighted by Crippen LogP contribution is 2.38. The Morgan fingerprint density at radius 2 is 1.88 bits per heavy atom. The minimum Gasteiger partial charge on any atom is -0.493 e. The second-order valence-electron chi connectivity index (χ2n) is 7.25. The molecule has 2 amide bonds. The number of nitrogens with one attached hydrogen (secondary N) is 2. The topological polar surface area (TPSA) is 89.1 Å². The van der Waals surface area contributed by atoms with Crippen LogP contribution >= 0.6 is 0 Å². The summed E-state index contributed by atoms with van der Waals surface area (Å²) >= 11 is 0. The average Bonchev–Trinajstić information content (AvgIpc) is 3.29. The first-order valence-electron chi connectivity index (χ1n) is 10.3. The number of carbonyl (C=O) groups excluding carboxylic acids is 2. The molecular weight excluding hydrogens is 410 g/mol. The lowest BCUT2D eigenvalue weighted by Gasteiger charge is -2.37. The number of carbonyl (C=O) groups is 2. The summed E-state index contributed by atoms with van der Waals surface area (Å²) in [5.74, 6) is 0.893. The fraction of sp³-hybridized carbons (Fsp3) is 0.167. The Morgan fingerprint density at radius 3 is 2.75 bits per heavy atom. The number of hydrogen-bond acceptors (Lipinski definition) is 6. The highest BCUT2D eigenvalue weighted by atomic mass is 16.7. The highest BCUT2D eigenvalue weighted by molar-refractivity contribution is 6.04. The molecule has 1 atom stereocenters. The van der Waals surface area contributed by atoms with Gasteiger partial charge in [-0.15, -0.1) is 0 Å². The summed E-state index contributed by atoms with van der Waals surface area (Å²) in [6, 6.07) is 19.5. The van der Waals surface area contributed by atoms with E-state index in [9.17, 15) is 9.59 Å². The molecule has 3 aromatic carbocycles. The van der Waals surface area contributed by atoms with Crippen LogP contribution in [0.3, 0.4) is 0 Å². The molecule has 2 aliphatic heterocycles. The zero-order valence-corrected chi connectivity index (χ0v) is 17.3. The van der Waals surface area contributed by atoms with Gasteiger partial charge in [0.2, 0.25) is 6.79 Å². The van der Waals surface area contributed by atoms with Gasteiger partial charge in [-0.1, -0.05) is 30.3 Å². The standard InChI is InChI=1S/C24H21N3O5/c1-2-30-19-10-6-4-8-17(19)23(28)26-27-22(15-11-12-20-21(13-15)32-14-31-20)25-18-9-5-3-7-16(18)24(27)29/h3-13,22,25H,2,14H2,1H3,(H,26,28). The zero-order valence-electron chi connectivity index (χ0n) is 17.3. The van der Waals surface area contributed by atoms with Crippen LogP contribution in [-0.2, 0) is 0 Å². The van der Waals surface area contributed by atoms with Crippen molar-refractivity contribution in [2.45, 2.75) is 13.1 Å². The predicted octanol–water partition coefficient (Wildman–Crippen LogP) is 3.73. The molecule has 0 bridgehead atoms. The lowest BCUT2D eigenvalue weighted by Crippen LogP contribution is -2.52. The van der Waals surface area contributed by atoms with Crippen LogP contribution < -0.4 is 25.0 Å². The van der Waals surface area contributed by atoms with Gasteiger partial charge in [-0.05, 0) is 43.3 Å². The van der Waals surface area contributed by atoms with E-state index in [1.165, 1.54) is 5.01 Å². The van der Waals surface area contributed by atoms with E-state index in [4.69, 9.17) is 14.2 Å². The van der Waals surface area contributed by atoms with Gasteiger partial charge in [0.05, 0.1) is 17.7 Å². The Kier molecular flexibility index (Phi) is 5.03. The number of hydrogen-bond donors (Lipinski definition) is 2. The first kappa shape index (κ1) is 19.7. The summed E-state index contributed by atoms with van der Waals surface area (Å²) in [6.45, 7) is 2.41. The summed E-state index contributed by atoms with van der Waals surface area (Å²) in [4.78, 5) is 26.6. The summed E-state index contributed by atoms with van der Waals surface area (Å²) in [6.07, 6.45) is -0.657. The number of para-hydroxylation sites is 2. The number of ether oxygens (including phenoxy) is 3. The van der Waals surface area contributed by atoms with Gasteiger partial charge in [-0.25, -0.2) is 5.01 Å². The van der Waals surface area contributed by atoms with E-state index in [1.54, 1.807) is 48.5 Å². The van der Waals surface area contributed by atoms with Crippen molar-refractivity contribution in [3.63, 3.8) is 0 Å². The van der Waals surface area contributed by atoms with Crippen molar-refractivity contribution in [2.24, 2.45) is 0 Å². The third kappa shape index (κ3) is 3.45. The summed E-state index contributed by atoms with van der Waals surface area (Å²) in [5, 5.41) is 4.64. The molecule has 0 saturated heterocycles. The molecule has 2 aliphatic rings. The molecular formula is C24H21N3O5. The second kappa shape index (κ2) is 8.14. The smallest absolute Gasteiger partial charge is 0.276 e. The Labute approximate surface area is 184 Å². The summed E-state index contributed by atoms with van der Waals surface area (Å²) in [5.41, 5.74) is 4.98. The first-order chi connectivity index (χ1) is 15.7. The van der Waals surface area contributed by atoms with Gasteiger partial charge in [0.25, 0.3) is 11.8 Å². The maximum atomic E-state index is 13.4. The third-order valence-electron chi connectivity index (χ3n) is 5.29. The van der Waals surface area contributed by atoms with E-state index in [0.717, 1.165) is 5.56 Å². The van der Waals surface area contributed by atoms with Crippen molar-refractivity contribution < 1.29 is 23.8 Å². The molecule has 0 fully saturated rings. The predicted molar refractivity (Wildman–Crippen MR) is 117 cm³/mol.